The molecular formula is C17H18Cl2O3. The van der Waals surface area contributed by atoms with Gasteiger partial charge in [0.15, 0.2) is 5.75 Å². The van der Waals surface area contributed by atoms with E-state index >= 15 is 0 Å². The second-order valence-electron chi connectivity index (χ2n) is 4.51. The highest BCUT2D eigenvalue weighted by atomic mass is 35.5. The molecule has 0 heterocycles. The van der Waals surface area contributed by atoms with E-state index in [9.17, 15) is 0 Å². The molecule has 0 radical (unpaired) electrons. The average molecular weight is 341 g/mol. The Bertz CT molecular complexity index is 565. The largest absolute Gasteiger partial charge is 0.494 e. The van der Waals surface area contributed by atoms with Crippen LogP contribution in [0, 0.1) is 0 Å². The molecular weight excluding hydrogens is 323 g/mol. The van der Waals surface area contributed by atoms with Gasteiger partial charge in [0.1, 0.15) is 11.5 Å². The molecule has 0 N–H and O–H groups in total. The van der Waals surface area contributed by atoms with E-state index in [4.69, 9.17) is 37.4 Å². The van der Waals surface area contributed by atoms with Gasteiger partial charge in [0.2, 0.25) is 0 Å². The lowest BCUT2D eigenvalue weighted by Crippen LogP contribution is -2.05. The molecule has 0 aromatic heterocycles. The zero-order valence-corrected chi connectivity index (χ0v) is 13.9. The molecule has 0 unspecified atom stereocenters. The van der Waals surface area contributed by atoms with E-state index < -0.39 is 0 Å². The van der Waals surface area contributed by atoms with E-state index in [2.05, 4.69) is 0 Å². The van der Waals surface area contributed by atoms with Crippen molar-refractivity contribution in [1.29, 1.82) is 0 Å². The van der Waals surface area contributed by atoms with Gasteiger partial charge in [0.05, 0.1) is 29.9 Å². The molecule has 2 aromatic rings. The van der Waals surface area contributed by atoms with Crippen LogP contribution < -0.4 is 14.2 Å². The minimum atomic E-state index is 0.487. The first-order valence-corrected chi connectivity index (χ1v) is 7.88. The maximum absolute atomic E-state index is 6.03. The van der Waals surface area contributed by atoms with Gasteiger partial charge in [-0.25, -0.2) is 0 Å². The van der Waals surface area contributed by atoms with Gasteiger partial charge < -0.3 is 14.2 Å². The summed E-state index contributed by atoms with van der Waals surface area (Å²) in [5, 5.41) is 1.03. The lowest BCUT2D eigenvalue weighted by atomic mass is 10.3. The molecule has 0 amide bonds. The molecule has 0 aliphatic carbocycles. The molecule has 2 rings (SSSR count). The van der Waals surface area contributed by atoms with Crippen LogP contribution in [0.15, 0.2) is 42.5 Å². The van der Waals surface area contributed by atoms with Crippen molar-refractivity contribution >= 4 is 23.2 Å². The second kappa shape index (κ2) is 8.76. The molecule has 0 aliphatic rings. The van der Waals surface area contributed by atoms with Crippen molar-refractivity contribution in [1.82, 2.24) is 0 Å². The second-order valence-corrected chi connectivity index (χ2v) is 5.32. The molecule has 2 aromatic carbocycles. The number of hydrogen-bond donors (Lipinski definition) is 0. The summed E-state index contributed by atoms with van der Waals surface area (Å²) in [7, 11) is 0. The van der Waals surface area contributed by atoms with Crippen molar-refractivity contribution in [3.8, 4) is 17.2 Å². The first-order chi connectivity index (χ1) is 10.7. The van der Waals surface area contributed by atoms with Crippen LogP contribution in [0.1, 0.15) is 13.3 Å². The van der Waals surface area contributed by atoms with Gasteiger partial charge in [0, 0.05) is 6.42 Å². The molecule has 0 spiro atoms. The lowest BCUT2D eigenvalue weighted by molar-refractivity contribution is 0.247. The first-order valence-electron chi connectivity index (χ1n) is 7.13. The summed E-state index contributed by atoms with van der Waals surface area (Å²) in [4.78, 5) is 0. The molecule has 118 valence electrons. The van der Waals surface area contributed by atoms with Crippen molar-refractivity contribution in [3.63, 3.8) is 0 Å². The third kappa shape index (κ3) is 5.00. The topological polar surface area (TPSA) is 27.7 Å². The third-order valence-corrected chi connectivity index (χ3v) is 3.45. The van der Waals surface area contributed by atoms with Crippen molar-refractivity contribution in [2.45, 2.75) is 13.3 Å². The minimum absolute atomic E-state index is 0.487. The van der Waals surface area contributed by atoms with E-state index in [1.807, 2.05) is 31.2 Å². The number of ether oxygens (including phenoxy) is 3. The van der Waals surface area contributed by atoms with Crippen molar-refractivity contribution in [3.05, 3.63) is 52.5 Å². The number of rotatable bonds is 8. The Kier molecular flexibility index (Phi) is 6.69. The van der Waals surface area contributed by atoms with Gasteiger partial charge in [-0.3, -0.25) is 0 Å². The van der Waals surface area contributed by atoms with Gasteiger partial charge in [0.25, 0.3) is 0 Å². The highest BCUT2D eigenvalue weighted by Gasteiger charge is 2.06. The highest BCUT2D eigenvalue weighted by molar-refractivity contribution is 6.37. The van der Waals surface area contributed by atoms with Crippen LogP contribution >= 0.6 is 23.2 Å². The van der Waals surface area contributed by atoms with Crippen LogP contribution in [0.3, 0.4) is 0 Å². The Morgan fingerprint density at radius 2 is 1.32 bits per heavy atom. The summed E-state index contributed by atoms with van der Waals surface area (Å²) in [5.41, 5.74) is 0. The van der Waals surface area contributed by atoms with E-state index in [0.717, 1.165) is 17.9 Å². The number of halogens is 2. The van der Waals surface area contributed by atoms with Gasteiger partial charge >= 0.3 is 0 Å². The average Bonchev–Trinajstić information content (AvgIpc) is 2.51. The predicted molar refractivity (Wildman–Crippen MR) is 89.7 cm³/mol. The Morgan fingerprint density at radius 1 is 0.773 bits per heavy atom. The third-order valence-electron chi connectivity index (χ3n) is 2.86. The van der Waals surface area contributed by atoms with Gasteiger partial charge in [-0.05, 0) is 43.3 Å². The van der Waals surface area contributed by atoms with E-state index in [1.165, 1.54) is 0 Å². The Hall–Kier alpha value is -1.58. The predicted octanol–water partition coefficient (Wildman–Crippen LogP) is 5.24. The van der Waals surface area contributed by atoms with E-state index in [-0.39, 0.29) is 0 Å². The fourth-order valence-corrected chi connectivity index (χ4v) is 2.35. The summed E-state index contributed by atoms with van der Waals surface area (Å²) < 4.78 is 16.6. The van der Waals surface area contributed by atoms with E-state index in [0.29, 0.717) is 35.6 Å². The summed E-state index contributed by atoms with van der Waals surface area (Å²) in [6.07, 6.45) is 0.731. The molecule has 0 saturated carbocycles. The molecule has 22 heavy (non-hydrogen) atoms. The zero-order valence-electron chi connectivity index (χ0n) is 12.4. The Morgan fingerprint density at radius 3 is 1.91 bits per heavy atom. The van der Waals surface area contributed by atoms with Crippen LogP contribution in [0.4, 0.5) is 0 Å². The van der Waals surface area contributed by atoms with Crippen LogP contribution in [-0.2, 0) is 0 Å². The highest BCUT2D eigenvalue weighted by Crippen LogP contribution is 2.32. The molecule has 0 aliphatic heterocycles. The standard InChI is InChI=1S/C17H18Cl2O3/c1-2-20-13-7-9-14(10-8-13)21-11-4-12-22-17-15(18)5-3-6-16(17)19/h3,5-10H,2,4,11-12H2,1H3. The van der Waals surface area contributed by atoms with Crippen LogP contribution in [0.25, 0.3) is 0 Å². The Labute approximate surface area is 140 Å². The van der Waals surface area contributed by atoms with Crippen molar-refractivity contribution < 1.29 is 14.2 Å². The number of hydrogen-bond acceptors (Lipinski definition) is 3. The lowest BCUT2D eigenvalue weighted by Gasteiger charge is -2.10. The molecule has 0 fully saturated rings. The van der Waals surface area contributed by atoms with Crippen LogP contribution in [0.2, 0.25) is 10.0 Å². The van der Waals surface area contributed by atoms with Crippen LogP contribution in [0.5, 0.6) is 17.2 Å². The van der Waals surface area contributed by atoms with E-state index in [1.54, 1.807) is 18.2 Å². The van der Waals surface area contributed by atoms with Gasteiger partial charge in [-0.15, -0.1) is 0 Å². The maximum Gasteiger partial charge on any atom is 0.156 e. The van der Waals surface area contributed by atoms with Gasteiger partial charge in [-0.1, -0.05) is 29.3 Å². The summed E-state index contributed by atoms with van der Waals surface area (Å²) in [6.45, 7) is 3.65. The molecule has 0 saturated heterocycles. The monoisotopic (exact) mass is 340 g/mol. The van der Waals surface area contributed by atoms with Crippen molar-refractivity contribution in [2.75, 3.05) is 19.8 Å². The molecule has 0 atom stereocenters. The SMILES string of the molecule is CCOc1ccc(OCCCOc2c(Cl)cccc2Cl)cc1. The van der Waals surface area contributed by atoms with Crippen molar-refractivity contribution in [2.24, 2.45) is 0 Å². The fourth-order valence-electron chi connectivity index (χ4n) is 1.84. The first kappa shape index (κ1) is 16.8. The number of para-hydroxylation sites is 1. The van der Waals surface area contributed by atoms with Crippen LogP contribution in [-0.4, -0.2) is 19.8 Å². The zero-order chi connectivity index (χ0) is 15.8. The van der Waals surface area contributed by atoms with Gasteiger partial charge in [-0.2, -0.15) is 0 Å². The minimum Gasteiger partial charge on any atom is -0.494 e. The Balaban J connectivity index is 1.71. The summed E-state index contributed by atoms with van der Waals surface area (Å²) >= 11 is 12.1. The smallest absolute Gasteiger partial charge is 0.156 e. The fraction of sp³-hybridized carbons (Fsp3) is 0.294. The summed E-state index contributed by atoms with van der Waals surface area (Å²) in [6, 6.07) is 12.8. The summed E-state index contributed by atoms with van der Waals surface area (Å²) in [5.74, 6) is 2.16. The number of benzene rings is 2. The molecule has 3 nitrogen and oxygen atoms in total. The normalized spacial score (nSPS) is 10.3. The maximum atomic E-state index is 6.03. The molecule has 5 heteroatoms. The molecule has 0 bridgehead atoms. The quantitative estimate of drug-likeness (QED) is 0.615.